The van der Waals surface area contributed by atoms with Crippen molar-refractivity contribution in [1.82, 2.24) is 29.6 Å². The molecule has 0 spiro atoms. The molecule has 2 bridgehead atoms. The average Bonchev–Trinajstić information content (AvgIpc) is 3.13. The molecule has 8 rings (SSSR count). The molecule has 2 aliphatic heterocycles. The number of halogens is 5. The van der Waals surface area contributed by atoms with Gasteiger partial charge in [0.05, 0.1) is 30.0 Å². The third-order valence-corrected chi connectivity index (χ3v) is 8.99. The van der Waals surface area contributed by atoms with Crippen LogP contribution in [0.25, 0.3) is 5.69 Å². The summed E-state index contributed by atoms with van der Waals surface area (Å²) in [6.07, 6.45) is 0.209. The van der Waals surface area contributed by atoms with E-state index in [1.54, 1.807) is 0 Å². The highest BCUT2D eigenvalue weighted by atomic mass is 35.5. The number of benzene rings is 1. The van der Waals surface area contributed by atoms with E-state index in [0.29, 0.717) is 37.1 Å². The minimum atomic E-state index is -4.15. The number of nitrogens with zero attached hydrogens (tertiary/aromatic N) is 7. The number of alkyl halides is 3. The lowest BCUT2D eigenvalue weighted by atomic mass is 9.38. The standard InChI is InChI=1S/C25H24ClF4N7/c26-17-1-2-19-16(7-17)10-36(24-12-23(13-24,14-24)25(28,29)30)11-20-33-34-21(37(19)20)15-3-5-35(6-4-15)22-31-8-18(27)9-32-22/h1-2,7-9,15H,3-6,10-14H2. The SMILES string of the molecule is Fc1cnc(N2CCC(c3nnc4n3-c3ccc(Cl)cc3CN(C35CC(C(F)(F)F)(C3)C5)C4)CC2)nc1. The van der Waals surface area contributed by atoms with Crippen LogP contribution in [-0.2, 0) is 13.1 Å². The third-order valence-electron chi connectivity index (χ3n) is 8.76. The van der Waals surface area contributed by atoms with Gasteiger partial charge in [0.2, 0.25) is 5.95 Å². The Morgan fingerprint density at radius 1 is 0.973 bits per heavy atom. The van der Waals surface area contributed by atoms with Crippen molar-refractivity contribution in [3.05, 3.63) is 58.6 Å². The summed E-state index contributed by atoms with van der Waals surface area (Å²) >= 11 is 6.36. The molecular formula is C25H24ClF4N7. The van der Waals surface area contributed by atoms with Crippen LogP contribution in [0.4, 0.5) is 23.5 Å². The van der Waals surface area contributed by atoms with Crippen LogP contribution in [0.5, 0.6) is 0 Å². The first-order chi connectivity index (χ1) is 17.7. The normalized spacial score (nSPS) is 27.6. The first-order valence-corrected chi connectivity index (χ1v) is 12.8. The molecule has 4 fully saturated rings. The smallest absolute Gasteiger partial charge is 0.341 e. The maximum atomic E-state index is 13.5. The van der Waals surface area contributed by atoms with Crippen molar-refractivity contribution in [2.45, 2.75) is 62.8 Å². The Bertz CT molecular complexity index is 1340. The molecule has 1 saturated heterocycles. The zero-order valence-electron chi connectivity index (χ0n) is 19.8. The number of piperidine rings is 1. The quantitative estimate of drug-likeness (QED) is 0.440. The highest BCUT2D eigenvalue weighted by Crippen LogP contribution is 2.75. The Kier molecular flexibility index (Phi) is 4.96. The van der Waals surface area contributed by atoms with E-state index in [2.05, 4.69) is 29.6 Å². The van der Waals surface area contributed by atoms with Crippen molar-refractivity contribution < 1.29 is 17.6 Å². The number of rotatable bonds is 3. The van der Waals surface area contributed by atoms with Crippen molar-refractivity contribution >= 4 is 17.5 Å². The van der Waals surface area contributed by atoms with E-state index in [0.717, 1.165) is 35.7 Å². The minimum absolute atomic E-state index is 0.136. The van der Waals surface area contributed by atoms with Gasteiger partial charge in [0.15, 0.2) is 11.6 Å². The van der Waals surface area contributed by atoms with E-state index in [1.165, 1.54) is 12.4 Å². The molecule has 0 unspecified atom stereocenters. The molecule has 0 atom stereocenters. The molecular weight excluding hydrogens is 510 g/mol. The van der Waals surface area contributed by atoms with Gasteiger partial charge in [-0.25, -0.2) is 14.4 Å². The molecule has 3 saturated carbocycles. The van der Waals surface area contributed by atoms with Gasteiger partial charge in [-0.2, -0.15) is 13.2 Å². The predicted molar refractivity (Wildman–Crippen MR) is 127 cm³/mol. The molecule has 4 heterocycles. The van der Waals surface area contributed by atoms with Gasteiger partial charge < -0.3 is 4.90 Å². The molecule has 1 aromatic carbocycles. The van der Waals surface area contributed by atoms with E-state index in [1.807, 2.05) is 23.1 Å². The molecule has 0 amide bonds. The Balaban J connectivity index is 1.17. The maximum absolute atomic E-state index is 13.5. The molecule has 3 aromatic rings. The van der Waals surface area contributed by atoms with Gasteiger partial charge in [-0.05, 0) is 55.9 Å². The van der Waals surface area contributed by atoms with Crippen LogP contribution in [0.2, 0.25) is 5.02 Å². The second kappa shape index (κ2) is 7.86. The largest absolute Gasteiger partial charge is 0.394 e. The van der Waals surface area contributed by atoms with E-state index in [4.69, 9.17) is 11.6 Å². The molecule has 37 heavy (non-hydrogen) atoms. The molecule has 5 aliphatic rings. The molecule has 3 aliphatic carbocycles. The lowest BCUT2D eigenvalue weighted by molar-refractivity contribution is -0.364. The summed E-state index contributed by atoms with van der Waals surface area (Å²) in [5.74, 6) is 1.77. The summed E-state index contributed by atoms with van der Waals surface area (Å²) in [5, 5.41) is 9.73. The summed E-state index contributed by atoms with van der Waals surface area (Å²) in [7, 11) is 0. The van der Waals surface area contributed by atoms with Crippen molar-refractivity contribution in [1.29, 1.82) is 0 Å². The summed E-state index contributed by atoms with van der Waals surface area (Å²) in [6.45, 7) is 2.35. The van der Waals surface area contributed by atoms with Crippen molar-refractivity contribution in [3.63, 3.8) is 0 Å². The first-order valence-electron chi connectivity index (χ1n) is 12.4. The summed E-state index contributed by atoms with van der Waals surface area (Å²) in [6, 6.07) is 5.69. The predicted octanol–water partition coefficient (Wildman–Crippen LogP) is 5.03. The van der Waals surface area contributed by atoms with Crippen LogP contribution in [0, 0.1) is 11.2 Å². The number of hydrogen-bond donors (Lipinski definition) is 0. The second-order valence-electron chi connectivity index (χ2n) is 10.9. The van der Waals surface area contributed by atoms with Gasteiger partial charge in [0.1, 0.15) is 5.82 Å². The summed E-state index contributed by atoms with van der Waals surface area (Å²) in [4.78, 5) is 12.4. The van der Waals surface area contributed by atoms with E-state index >= 15 is 0 Å². The van der Waals surface area contributed by atoms with Crippen LogP contribution in [0.1, 0.15) is 55.2 Å². The van der Waals surface area contributed by atoms with E-state index in [-0.39, 0.29) is 25.2 Å². The third kappa shape index (κ3) is 3.49. The zero-order chi connectivity index (χ0) is 25.6. The summed E-state index contributed by atoms with van der Waals surface area (Å²) in [5.41, 5.74) is -0.0624. The van der Waals surface area contributed by atoms with Crippen LogP contribution in [0.3, 0.4) is 0 Å². The van der Waals surface area contributed by atoms with Crippen molar-refractivity contribution in [2.75, 3.05) is 18.0 Å². The van der Waals surface area contributed by atoms with Gasteiger partial charge in [0, 0.05) is 36.1 Å². The monoisotopic (exact) mass is 533 g/mol. The highest BCUT2D eigenvalue weighted by molar-refractivity contribution is 6.30. The molecule has 0 N–H and O–H groups in total. The first kappa shape index (κ1) is 23.3. The van der Waals surface area contributed by atoms with Crippen LogP contribution in [0.15, 0.2) is 30.6 Å². The minimum Gasteiger partial charge on any atom is -0.341 e. The van der Waals surface area contributed by atoms with Gasteiger partial charge in [-0.1, -0.05) is 11.6 Å². The number of hydrogen-bond acceptors (Lipinski definition) is 6. The van der Waals surface area contributed by atoms with E-state index < -0.39 is 22.9 Å². The van der Waals surface area contributed by atoms with E-state index in [9.17, 15) is 17.6 Å². The molecule has 7 nitrogen and oxygen atoms in total. The number of aromatic nitrogens is 5. The topological polar surface area (TPSA) is 63.0 Å². The van der Waals surface area contributed by atoms with Crippen molar-refractivity contribution in [3.8, 4) is 5.69 Å². The van der Waals surface area contributed by atoms with Crippen LogP contribution < -0.4 is 4.90 Å². The van der Waals surface area contributed by atoms with Gasteiger partial charge in [-0.15, -0.1) is 10.2 Å². The van der Waals surface area contributed by atoms with Crippen LogP contribution in [-0.4, -0.2) is 54.4 Å². The molecule has 0 radical (unpaired) electrons. The Labute approximate surface area is 215 Å². The highest BCUT2D eigenvalue weighted by Gasteiger charge is 2.79. The lowest BCUT2D eigenvalue weighted by Gasteiger charge is -2.73. The Morgan fingerprint density at radius 2 is 1.68 bits per heavy atom. The zero-order valence-corrected chi connectivity index (χ0v) is 20.6. The Morgan fingerprint density at radius 3 is 2.35 bits per heavy atom. The van der Waals surface area contributed by atoms with Gasteiger partial charge in [-0.3, -0.25) is 9.47 Å². The molecule has 194 valence electrons. The van der Waals surface area contributed by atoms with Gasteiger partial charge >= 0.3 is 6.18 Å². The number of anilines is 1. The molecule has 12 heteroatoms. The maximum Gasteiger partial charge on any atom is 0.394 e. The van der Waals surface area contributed by atoms with Crippen LogP contribution >= 0.6 is 11.6 Å². The second-order valence-corrected chi connectivity index (χ2v) is 11.4. The fourth-order valence-electron chi connectivity index (χ4n) is 6.80. The number of fused-ring (bicyclic) bond motifs is 3. The summed E-state index contributed by atoms with van der Waals surface area (Å²) < 4.78 is 55.9. The lowest BCUT2D eigenvalue weighted by Crippen LogP contribution is -2.78. The van der Waals surface area contributed by atoms with Crippen molar-refractivity contribution in [2.24, 2.45) is 5.41 Å². The average molecular weight is 534 g/mol. The molecule has 2 aromatic heterocycles. The van der Waals surface area contributed by atoms with Gasteiger partial charge in [0.25, 0.3) is 0 Å². The fraction of sp³-hybridized carbons (Fsp3) is 0.520. The Hall–Kier alpha value is -2.79. The fourth-order valence-corrected chi connectivity index (χ4v) is 7.00.